The van der Waals surface area contributed by atoms with Gasteiger partial charge in [-0.2, -0.15) is 0 Å². The van der Waals surface area contributed by atoms with Crippen LogP contribution in [0.25, 0.3) is 0 Å². The van der Waals surface area contributed by atoms with Gasteiger partial charge in [0.05, 0.1) is 12.0 Å². The van der Waals surface area contributed by atoms with E-state index in [1.54, 1.807) is 6.92 Å². The molecule has 0 aromatic heterocycles. The number of hydrogen-bond acceptors (Lipinski definition) is 6. The number of ether oxygens (including phenoxy) is 1. The summed E-state index contributed by atoms with van der Waals surface area (Å²) in [6.45, 7) is 2.97. The van der Waals surface area contributed by atoms with Gasteiger partial charge in [0, 0.05) is 13.0 Å². The van der Waals surface area contributed by atoms with Crippen molar-refractivity contribution in [2.24, 2.45) is 5.92 Å². The monoisotopic (exact) mass is 330 g/mol. The van der Waals surface area contributed by atoms with E-state index in [0.717, 1.165) is 19.3 Å². The van der Waals surface area contributed by atoms with Gasteiger partial charge in [-0.15, -0.1) is 0 Å². The van der Waals surface area contributed by atoms with Crippen molar-refractivity contribution in [2.75, 3.05) is 0 Å². The Bertz CT molecular complexity index is 446. The van der Waals surface area contributed by atoms with Gasteiger partial charge in [0.1, 0.15) is 18.3 Å². The Morgan fingerprint density at radius 2 is 1.65 bits per heavy atom. The van der Waals surface area contributed by atoms with Gasteiger partial charge in [-0.3, -0.25) is 9.59 Å². The summed E-state index contributed by atoms with van der Waals surface area (Å²) < 4.78 is 5.38. The van der Waals surface area contributed by atoms with E-state index in [9.17, 15) is 24.9 Å². The average Bonchev–Trinajstić information content (AvgIpc) is 2.50. The number of aliphatic hydroxyl groups is 3. The van der Waals surface area contributed by atoms with Crippen LogP contribution in [0, 0.1) is 5.92 Å². The Labute approximate surface area is 135 Å². The smallest absolute Gasteiger partial charge is 0.227 e. The molecule has 8 nitrogen and oxygen atoms in total. The number of carbonyl (C=O) groups excluding carboxylic acids is 2. The quantitative estimate of drug-likeness (QED) is 0.434. The minimum atomic E-state index is -1.41. The summed E-state index contributed by atoms with van der Waals surface area (Å²) in [4.78, 5) is 23.8. The lowest BCUT2D eigenvalue weighted by molar-refractivity contribution is -0.225. The maximum atomic E-state index is 12.5. The summed E-state index contributed by atoms with van der Waals surface area (Å²) in [7, 11) is 0. The van der Waals surface area contributed by atoms with E-state index in [-0.39, 0.29) is 17.9 Å². The van der Waals surface area contributed by atoms with Crippen LogP contribution in [0.3, 0.4) is 0 Å². The van der Waals surface area contributed by atoms with Crippen LogP contribution >= 0.6 is 0 Å². The molecule has 0 aromatic carbocycles. The van der Waals surface area contributed by atoms with Crippen molar-refractivity contribution in [3.8, 4) is 0 Å². The molecule has 0 aromatic rings. The van der Waals surface area contributed by atoms with Gasteiger partial charge in [-0.1, -0.05) is 12.8 Å². The number of nitrogens with one attached hydrogen (secondary N) is 2. The Kier molecular flexibility index (Phi) is 5.96. The van der Waals surface area contributed by atoms with Crippen LogP contribution in [0.15, 0.2) is 0 Å². The summed E-state index contributed by atoms with van der Waals surface area (Å²) in [5.41, 5.74) is 0. The highest BCUT2D eigenvalue weighted by atomic mass is 16.5. The summed E-state index contributed by atoms with van der Waals surface area (Å²) in [6, 6.07) is -0.241. The SMILES string of the molecule is CC(=O)N[C@H]1CCCC[C@H]1C(=O)N[C@@H]1O[C@@H](C)[C@@H](O)[C@@H](O)[C@@H]1O. The van der Waals surface area contributed by atoms with Crippen molar-refractivity contribution >= 4 is 11.8 Å². The normalized spacial score (nSPS) is 41.2. The summed E-state index contributed by atoms with van der Waals surface area (Å²) >= 11 is 0. The van der Waals surface area contributed by atoms with Gasteiger partial charge in [0.15, 0.2) is 6.23 Å². The first-order valence-electron chi connectivity index (χ1n) is 8.08. The minimum Gasteiger partial charge on any atom is -0.388 e. The predicted molar refractivity (Wildman–Crippen MR) is 80.1 cm³/mol. The van der Waals surface area contributed by atoms with E-state index in [1.807, 2.05) is 0 Å². The van der Waals surface area contributed by atoms with Crippen LogP contribution in [0.5, 0.6) is 0 Å². The third kappa shape index (κ3) is 4.20. The second kappa shape index (κ2) is 7.57. The van der Waals surface area contributed by atoms with Crippen LogP contribution in [0.4, 0.5) is 0 Å². The first kappa shape index (κ1) is 18.1. The lowest BCUT2D eigenvalue weighted by Crippen LogP contribution is -2.63. The highest BCUT2D eigenvalue weighted by Gasteiger charge is 2.43. The van der Waals surface area contributed by atoms with E-state index in [0.29, 0.717) is 6.42 Å². The van der Waals surface area contributed by atoms with Crippen molar-refractivity contribution in [1.82, 2.24) is 10.6 Å². The second-order valence-corrected chi connectivity index (χ2v) is 6.44. The van der Waals surface area contributed by atoms with Crippen molar-refractivity contribution in [1.29, 1.82) is 0 Å². The van der Waals surface area contributed by atoms with Crippen molar-refractivity contribution in [3.05, 3.63) is 0 Å². The zero-order chi connectivity index (χ0) is 17.1. The Balaban J connectivity index is 2.00. The van der Waals surface area contributed by atoms with Crippen LogP contribution in [-0.4, -0.2) is 63.8 Å². The molecule has 0 spiro atoms. The van der Waals surface area contributed by atoms with Crippen molar-refractivity contribution in [2.45, 2.75) is 76.2 Å². The first-order valence-corrected chi connectivity index (χ1v) is 8.08. The van der Waals surface area contributed by atoms with Crippen LogP contribution in [0.1, 0.15) is 39.5 Å². The third-order valence-corrected chi connectivity index (χ3v) is 4.63. The Morgan fingerprint density at radius 3 is 2.30 bits per heavy atom. The predicted octanol–water partition coefficient (Wildman–Crippen LogP) is -1.37. The molecule has 2 rings (SSSR count). The number of rotatable bonds is 3. The number of aliphatic hydroxyl groups excluding tert-OH is 3. The molecule has 0 radical (unpaired) electrons. The Hall–Kier alpha value is -1.22. The fourth-order valence-electron chi connectivity index (χ4n) is 3.30. The molecule has 8 heteroatoms. The zero-order valence-electron chi connectivity index (χ0n) is 13.4. The molecule has 1 aliphatic carbocycles. The second-order valence-electron chi connectivity index (χ2n) is 6.44. The van der Waals surface area contributed by atoms with Gasteiger partial charge in [0.2, 0.25) is 11.8 Å². The van der Waals surface area contributed by atoms with E-state index < -0.39 is 36.6 Å². The molecule has 1 saturated heterocycles. The van der Waals surface area contributed by atoms with Gasteiger partial charge < -0.3 is 30.7 Å². The molecule has 2 amide bonds. The van der Waals surface area contributed by atoms with Crippen LogP contribution in [-0.2, 0) is 14.3 Å². The highest BCUT2D eigenvalue weighted by Crippen LogP contribution is 2.26. The van der Waals surface area contributed by atoms with Gasteiger partial charge in [-0.25, -0.2) is 0 Å². The van der Waals surface area contributed by atoms with E-state index in [1.165, 1.54) is 6.92 Å². The first-order chi connectivity index (χ1) is 10.8. The van der Waals surface area contributed by atoms with Gasteiger partial charge >= 0.3 is 0 Å². The molecule has 0 bridgehead atoms. The molecule has 1 aliphatic heterocycles. The lowest BCUT2D eigenvalue weighted by atomic mass is 9.83. The fraction of sp³-hybridized carbons (Fsp3) is 0.867. The lowest BCUT2D eigenvalue weighted by Gasteiger charge is -2.40. The van der Waals surface area contributed by atoms with Crippen LogP contribution < -0.4 is 10.6 Å². The summed E-state index contributed by atoms with van der Waals surface area (Å²) in [6.07, 6.45) is -2.61. The minimum absolute atomic E-state index is 0.184. The molecule has 23 heavy (non-hydrogen) atoms. The molecule has 5 N–H and O–H groups in total. The average molecular weight is 330 g/mol. The highest BCUT2D eigenvalue weighted by molar-refractivity contribution is 5.81. The molecule has 132 valence electrons. The van der Waals surface area contributed by atoms with E-state index in [2.05, 4.69) is 10.6 Å². The van der Waals surface area contributed by atoms with E-state index in [4.69, 9.17) is 4.74 Å². The molecule has 2 aliphatic rings. The topological polar surface area (TPSA) is 128 Å². The third-order valence-electron chi connectivity index (χ3n) is 4.63. The maximum absolute atomic E-state index is 12.5. The maximum Gasteiger partial charge on any atom is 0.227 e. The molecule has 1 heterocycles. The number of amides is 2. The molecular formula is C15H26N2O6. The van der Waals surface area contributed by atoms with Gasteiger partial charge in [-0.05, 0) is 19.8 Å². The number of hydrogen-bond donors (Lipinski definition) is 5. The molecule has 2 fully saturated rings. The molecule has 7 atom stereocenters. The van der Waals surface area contributed by atoms with Crippen molar-refractivity contribution < 1.29 is 29.6 Å². The molecule has 1 saturated carbocycles. The summed E-state index contributed by atoms with van der Waals surface area (Å²) in [5.74, 6) is -0.915. The molecule has 0 unspecified atom stereocenters. The standard InChI is InChI=1S/C15H26N2O6/c1-7-11(19)12(20)13(21)15(23-7)17-14(22)9-5-3-4-6-10(9)16-8(2)18/h7,9-13,15,19-21H,3-6H2,1-2H3,(H,16,18)(H,17,22)/t7-,9+,10-,11+,12+,13-,15+/m0/s1. The molecular weight excluding hydrogens is 304 g/mol. The van der Waals surface area contributed by atoms with Crippen LogP contribution in [0.2, 0.25) is 0 Å². The largest absolute Gasteiger partial charge is 0.388 e. The fourth-order valence-corrected chi connectivity index (χ4v) is 3.30. The zero-order valence-corrected chi connectivity index (χ0v) is 13.4. The van der Waals surface area contributed by atoms with E-state index >= 15 is 0 Å². The van der Waals surface area contributed by atoms with Gasteiger partial charge in [0.25, 0.3) is 0 Å². The summed E-state index contributed by atoms with van der Waals surface area (Å²) in [5, 5.41) is 34.8. The Morgan fingerprint density at radius 1 is 1.00 bits per heavy atom. The van der Waals surface area contributed by atoms with Crippen molar-refractivity contribution in [3.63, 3.8) is 0 Å². The number of carbonyl (C=O) groups is 2.